The summed E-state index contributed by atoms with van der Waals surface area (Å²) < 4.78 is 14.5. The van der Waals surface area contributed by atoms with E-state index in [-0.39, 0.29) is 35.4 Å². The van der Waals surface area contributed by atoms with Gasteiger partial charge in [0.1, 0.15) is 11.9 Å². The van der Waals surface area contributed by atoms with Gasteiger partial charge < -0.3 is 10.2 Å². The summed E-state index contributed by atoms with van der Waals surface area (Å²) in [5.74, 6) is -1.18. The number of carbonyl (C=O) groups excluding carboxylic acids is 2. The summed E-state index contributed by atoms with van der Waals surface area (Å²) in [6.07, 6.45) is 0.0802. The molecule has 1 unspecified atom stereocenters. The number of nitrogens with one attached hydrogen (secondary N) is 1. The van der Waals surface area contributed by atoms with Crippen LogP contribution >= 0.6 is 11.6 Å². The summed E-state index contributed by atoms with van der Waals surface area (Å²) >= 11 is 6.22. The number of halogens is 2. The van der Waals surface area contributed by atoms with E-state index in [2.05, 4.69) is 5.32 Å². The number of benzene rings is 3. The molecule has 3 aromatic carbocycles. The number of rotatable bonds is 8. The van der Waals surface area contributed by atoms with E-state index in [9.17, 15) is 14.0 Å². The zero-order chi connectivity index (χ0) is 25.6. The number of amides is 2. The second-order valence-corrected chi connectivity index (χ2v) is 10.2. The van der Waals surface area contributed by atoms with Gasteiger partial charge in [-0.15, -0.1) is 0 Å². The second kappa shape index (κ2) is 11.5. The third-order valence-electron chi connectivity index (χ3n) is 5.63. The maximum absolute atomic E-state index is 14.5. The van der Waals surface area contributed by atoms with Gasteiger partial charge in [0.2, 0.25) is 11.8 Å². The third kappa shape index (κ3) is 7.66. The highest BCUT2D eigenvalue weighted by molar-refractivity contribution is 6.31. The van der Waals surface area contributed by atoms with Crippen LogP contribution in [-0.2, 0) is 29.0 Å². The standard InChI is InChI=1S/C29H32ClFN2O2/c1-20-13-15-22(16-14-20)19-33(27(34)18-23-24(30)11-8-12-25(23)31)26(28(35)32-29(2,3)4)17-21-9-6-5-7-10-21/h5-16,26H,17-19H2,1-4H3,(H,32,35). The van der Waals surface area contributed by atoms with E-state index in [0.717, 1.165) is 16.7 Å². The van der Waals surface area contributed by atoms with Gasteiger partial charge in [-0.3, -0.25) is 9.59 Å². The zero-order valence-corrected chi connectivity index (χ0v) is 21.4. The minimum absolute atomic E-state index is 0.128. The second-order valence-electron chi connectivity index (χ2n) is 9.83. The highest BCUT2D eigenvalue weighted by Crippen LogP contribution is 2.23. The van der Waals surface area contributed by atoms with Gasteiger partial charge in [0.15, 0.2) is 0 Å². The van der Waals surface area contributed by atoms with E-state index >= 15 is 0 Å². The minimum atomic E-state index is -0.795. The Balaban J connectivity index is 2.02. The first kappa shape index (κ1) is 26.4. The molecule has 4 nitrogen and oxygen atoms in total. The Bertz CT molecular complexity index is 1140. The van der Waals surface area contributed by atoms with Crippen molar-refractivity contribution in [3.8, 4) is 0 Å². The smallest absolute Gasteiger partial charge is 0.243 e. The molecular formula is C29H32ClFN2O2. The monoisotopic (exact) mass is 494 g/mol. The van der Waals surface area contributed by atoms with Crippen LogP contribution in [0.3, 0.4) is 0 Å². The van der Waals surface area contributed by atoms with E-state index < -0.39 is 17.4 Å². The predicted molar refractivity (Wildman–Crippen MR) is 139 cm³/mol. The van der Waals surface area contributed by atoms with Gasteiger partial charge in [0.25, 0.3) is 0 Å². The Morgan fingerprint density at radius 1 is 0.943 bits per heavy atom. The third-order valence-corrected chi connectivity index (χ3v) is 5.99. The van der Waals surface area contributed by atoms with E-state index in [1.165, 1.54) is 12.1 Å². The van der Waals surface area contributed by atoms with Crippen LogP contribution < -0.4 is 5.32 Å². The van der Waals surface area contributed by atoms with Gasteiger partial charge in [0.05, 0.1) is 6.42 Å². The molecule has 1 atom stereocenters. The molecule has 0 aliphatic carbocycles. The molecule has 0 aliphatic rings. The molecule has 6 heteroatoms. The fourth-order valence-electron chi connectivity index (χ4n) is 3.85. The maximum atomic E-state index is 14.5. The topological polar surface area (TPSA) is 49.4 Å². The molecule has 2 amide bonds. The lowest BCUT2D eigenvalue weighted by atomic mass is 9.99. The van der Waals surface area contributed by atoms with Gasteiger partial charge in [-0.1, -0.05) is 77.8 Å². The molecule has 0 spiro atoms. The van der Waals surface area contributed by atoms with Crippen LogP contribution in [0.4, 0.5) is 4.39 Å². The lowest BCUT2D eigenvalue weighted by Gasteiger charge is -2.34. The molecule has 184 valence electrons. The van der Waals surface area contributed by atoms with Crippen LogP contribution in [0.5, 0.6) is 0 Å². The minimum Gasteiger partial charge on any atom is -0.350 e. The maximum Gasteiger partial charge on any atom is 0.243 e. The average Bonchev–Trinajstić information content (AvgIpc) is 2.79. The van der Waals surface area contributed by atoms with E-state index in [0.29, 0.717) is 6.42 Å². The van der Waals surface area contributed by atoms with Crippen molar-refractivity contribution < 1.29 is 14.0 Å². The molecule has 0 radical (unpaired) electrons. The highest BCUT2D eigenvalue weighted by Gasteiger charge is 2.32. The molecular weight excluding hydrogens is 463 g/mol. The highest BCUT2D eigenvalue weighted by atomic mass is 35.5. The zero-order valence-electron chi connectivity index (χ0n) is 20.6. The summed E-state index contributed by atoms with van der Waals surface area (Å²) in [5, 5.41) is 3.21. The Morgan fingerprint density at radius 2 is 1.60 bits per heavy atom. The van der Waals surface area contributed by atoms with E-state index in [1.807, 2.05) is 82.3 Å². The van der Waals surface area contributed by atoms with Crippen molar-refractivity contribution in [2.24, 2.45) is 0 Å². The average molecular weight is 495 g/mol. The van der Waals surface area contributed by atoms with Gasteiger partial charge in [-0.2, -0.15) is 0 Å². The van der Waals surface area contributed by atoms with Crippen molar-refractivity contribution in [2.75, 3.05) is 0 Å². The Kier molecular flexibility index (Phi) is 8.68. The van der Waals surface area contributed by atoms with Crippen LogP contribution in [0.2, 0.25) is 5.02 Å². The summed E-state index contributed by atoms with van der Waals surface area (Å²) in [5.41, 5.74) is 2.54. The Hall–Kier alpha value is -3.18. The van der Waals surface area contributed by atoms with Crippen molar-refractivity contribution >= 4 is 23.4 Å². The van der Waals surface area contributed by atoms with Gasteiger partial charge in [-0.25, -0.2) is 4.39 Å². The fraction of sp³-hybridized carbons (Fsp3) is 0.310. The Labute approximate surface area is 212 Å². The fourth-order valence-corrected chi connectivity index (χ4v) is 4.08. The van der Waals surface area contributed by atoms with Crippen LogP contribution in [0.1, 0.15) is 43.0 Å². The van der Waals surface area contributed by atoms with Crippen molar-refractivity contribution in [1.29, 1.82) is 0 Å². The molecule has 35 heavy (non-hydrogen) atoms. The quantitative estimate of drug-likeness (QED) is 0.425. The molecule has 0 fully saturated rings. The van der Waals surface area contributed by atoms with Crippen molar-refractivity contribution in [3.63, 3.8) is 0 Å². The predicted octanol–water partition coefficient (Wildman–Crippen LogP) is 5.88. The van der Waals surface area contributed by atoms with Crippen molar-refractivity contribution in [1.82, 2.24) is 10.2 Å². The van der Waals surface area contributed by atoms with E-state index in [4.69, 9.17) is 11.6 Å². The molecule has 0 aromatic heterocycles. The number of hydrogen-bond acceptors (Lipinski definition) is 2. The number of nitrogens with zero attached hydrogens (tertiary/aromatic N) is 1. The molecule has 3 aromatic rings. The normalized spacial score (nSPS) is 12.2. The van der Waals surface area contributed by atoms with E-state index in [1.54, 1.807) is 11.0 Å². The van der Waals surface area contributed by atoms with Crippen LogP contribution in [0, 0.1) is 12.7 Å². The SMILES string of the molecule is Cc1ccc(CN(C(=O)Cc2c(F)cccc2Cl)C(Cc2ccccc2)C(=O)NC(C)(C)C)cc1. The first-order valence-electron chi connectivity index (χ1n) is 11.7. The molecule has 0 heterocycles. The summed E-state index contributed by atoms with van der Waals surface area (Å²) in [6, 6.07) is 20.9. The first-order chi connectivity index (χ1) is 16.5. The van der Waals surface area contributed by atoms with Crippen molar-refractivity contribution in [2.45, 2.75) is 58.7 Å². The Morgan fingerprint density at radius 3 is 2.20 bits per heavy atom. The number of hydrogen-bond donors (Lipinski definition) is 1. The lowest BCUT2D eigenvalue weighted by Crippen LogP contribution is -2.54. The van der Waals surface area contributed by atoms with Crippen LogP contribution in [0.15, 0.2) is 72.8 Å². The molecule has 3 rings (SSSR count). The number of aryl methyl sites for hydroxylation is 1. The van der Waals surface area contributed by atoms with Crippen LogP contribution in [-0.4, -0.2) is 28.3 Å². The first-order valence-corrected chi connectivity index (χ1v) is 12.0. The van der Waals surface area contributed by atoms with Gasteiger partial charge >= 0.3 is 0 Å². The summed E-state index contributed by atoms with van der Waals surface area (Å²) in [6.45, 7) is 7.89. The van der Waals surface area contributed by atoms with Gasteiger partial charge in [-0.05, 0) is 51.0 Å². The van der Waals surface area contributed by atoms with Crippen LogP contribution in [0.25, 0.3) is 0 Å². The van der Waals surface area contributed by atoms with Gasteiger partial charge in [0, 0.05) is 29.1 Å². The molecule has 0 saturated heterocycles. The molecule has 1 N–H and O–H groups in total. The van der Waals surface area contributed by atoms with Crippen molar-refractivity contribution in [3.05, 3.63) is 106 Å². The summed E-state index contributed by atoms with van der Waals surface area (Å²) in [7, 11) is 0. The molecule has 0 bridgehead atoms. The summed E-state index contributed by atoms with van der Waals surface area (Å²) in [4.78, 5) is 28.8. The molecule has 0 saturated carbocycles. The number of carbonyl (C=O) groups is 2. The largest absolute Gasteiger partial charge is 0.350 e. The lowest BCUT2D eigenvalue weighted by molar-refractivity contribution is -0.141. The molecule has 0 aliphatic heterocycles.